The second kappa shape index (κ2) is 8.41. The lowest BCUT2D eigenvalue weighted by Crippen LogP contribution is -2.47. The van der Waals surface area contributed by atoms with Crippen LogP contribution in [0.1, 0.15) is 51.9 Å². The first kappa shape index (κ1) is 21.8. The molecule has 1 aromatic rings. The number of hydrogen-bond donors (Lipinski definition) is 0. The SMILES string of the molecule is CCN(CC)C(=S)/C(=C(/C)C(=O)c1ccccc1)[Si](C)(C)C(C)(C)C. The molecule has 2 nitrogen and oxygen atoms in total. The van der Waals surface area contributed by atoms with Gasteiger partial charge in [-0.3, -0.25) is 4.79 Å². The molecule has 0 amide bonds. The number of rotatable bonds is 6. The fourth-order valence-corrected chi connectivity index (χ4v) is 6.53. The second-order valence-electron chi connectivity index (χ2n) is 8.05. The molecule has 0 aliphatic carbocycles. The number of benzene rings is 1. The lowest BCUT2D eigenvalue weighted by atomic mass is 10.0. The molecule has 0 bridgehead atoms. The van der Waals surface area contributed by atoms with Gasteiger partial charge in [-0.1, -0.05) is 76.4 Å². The van der Waals surface area contributed by atoms with Gasteiger partial charge in [0.2, 0.25) is 0 Å². The van der Waals surface area contributed by atoms with Crippen LogP contribution in [0, 0.1) is 0 Å². The van der Waals surface area contributed by atoms with E-state index in [0.717, 1.165) is 34.4 Å². The molecular formula is C21H33NOSSi. The fourth-order valence-electron chi connectivity index (χ4n) is 2.86. The molecule has 0 heterocycles. The Kier molecular flexibility index (Phi) is 7.33. The highest BCUT2D eigenvalue weighted by atomic mass is 32.1. The zero-order chi connectivity index (χ0) is 19.4. The smallest absolute Gasteiger partial charge is 0.188 e. The lowest BCUT2D eigenvalue weighted by Gasteiger charge is -2.42. The molecule has 0 saturated carbocycles. The van der Waals surface area contributed by atoms with E-state index >= 15 is 0 Å². The van der Waals surface area contributed by atoms with Crippen LogP contribution in [0.15, 0.2) is 41.1 Å². The van der Waals surface area contributed by atoms with Crippen molar-refractivity contribution in [3.05, 3.63) is 46.7 Å². The predicted octanol–water partition coefficient (Wildman–Crippen LogP) is 5.90. The average Bonchev–Trinajstić information content (AvgIpc) is 2.55. The quantitative estimate of drug-likeness (QED) is 0.267. The van der Waals surface area contributed by atoms with Crippen molar-refractivity contribution in [3.63, 3.8) is 0 Å². The van der Waals surface area contributed by atoms with Gasteiger partial charge >= 0.3 is 0 Å². The highest BCUT2D eigenvalue weighted by molar-refractivity contribution is 7.81. The Morgan fingerprint density at radius 1 is 1.08 bits per heavy atom. The number of nitrogens with zero attached hydrogens (tertiary/aromatic N) is 1. The first-order valence-corrected chi connectivity index (χ1v) is 12.5. The normalized spacial score (nSPS) is 13.3. The second-order valence-corrected chi connectivity index (χ2v) is 13.7. The maximum Gasteiger partial charge on any atom is 0.188 e. The summed E-state index contributed by atoms with van der Waals surface area (Å²) < 4.78 is 0. The van der Waals surface area contributed by atoms with E-state index in [0.29, 0.717) is 0 Å². The van der Waals surface area contributed by atoms with Crippen LogP contribution in [0.4, 0.5) is 0 Å². The molecule has 138 valence electrons. The van der Waals surface area contributed by atoms with Crippen LogP contribution in [0.2, 0.25) is 18.1 Å². The number of carbonyl (C=O) groups excluding carboxylic acids is 1. The van der Waals surface area contributed by atoms with Crippen molar-refractivity contribution in [1.29, 1.82) is 0 Å². The number of carbonyl (C=O) groups is 1. The average molecular weight is 376 g/mol. The molecule has 0 unspecified atom stereocenters. The summed E-state index contributed by atoms with van der Waals surface area (Å²) in [6, 6.07) is 9.53. The Morgan fingerprint density at radius 2 is 1.56 bits per heavy atom. The molecule has 0 aliphatic heterocycles. The molecule has 0 radical (unpaired) electrons. The minimum atomic E-state index is -1.98. The predicted molar refractivity (Wildman–Crippen MR) is 116 cm³/mol. The maximum atomic E-state index is 13.1. The van der Waals surface area contributed by atoms with E-state index in [2.05, 4.69) is 52.6 Å². The van der Waals surface area contributed by atoms with Crippen molar-refractivity contribution in [2.45, 2.75) is 59.7 Å². The molecule has 25 heavy (non-hydrogen) atoms. The van der Waals surface area contributed by atoms with E-state index in [-0.39, 0.29) is 10.8 Å². The Balaban J connectivity index is 3.60. The van der Waals surface area contributed by atoms with Crippen molar-refractivity contribution in [1.82, 2.24) is 4.90 Å². The zero-order valence-electron chi connectivity index (χ0n) is 17.1. The van der Waals surface area contributed by atoms with Crippen LogP contribution in [0.25, 0.3) is 0 Å². The van der Waals surface area contributed by atoms with Crippen molar-refractivity contribution < 1.29 is 4.79 Å². The summed E-state index contributed by atoms with van der Waals surface area (Å²) in [6.07, 6.45) is 0. The third-order valence-electron chi connectivity index (χ3n) is 5.52. The van der Waals surface area contributed by atoms with Gasteiger partial charge in [-0.2, -0.15) is 0 Å². The molecule has 4 heteroatoms. The van der Waals surface area contributed by atoms with Gasteiger partial charge in [-0.15, -0.1) is 0 Å². The number of allylic oxidation sites excluding steroid dienone is 1. The van der Waals surface area contributed by atoms with Crippen molar-refractivity contribution in [2.75, 3.05) is 13.1 Å². The van der Waals surface area contributed by atoms with Crippen molar-refractivity contribution in [2.24, 2.45) is 0 Å². The Labute approximate surface area is 160 Å². The maximum absolute atomic E-state index is 13.1. The van der Waals surface area contributed by atoms with Crippen LogP contribution in [-0.4, -0.2) is 36.8 Å². The van der Waals surface area contributed by atoms with Gasteiger partial charge in [0.25, 0.3) is 0 Å². The standard InChI is InChI=1S/C21H33NOSSi/c1-9-22(10-2)20(24)19(25(7,8)21(4,5)6)16(3)18(23)17-14-12-11-13-15-17/h11-15H,9-10H2,1-8H3/b19-16+. The van der Waals surface area contributed by atoms with Gasteiger partial charge in [0.15, 0.2) is 5.78 Å². The summed E-state index contributed by atoms with van der Waals surface area (Å²) >= 11 is 5.91. The summed E-state index contributed by atoms with van der Waals surface area (Å²) in [7, 11) is -1.98. The minimum Gasteiger partial charge on any atom is -0.363 e. The van der Waals surface area contributed by atoms with E-state index in [1.807, 2.05) is 37.3 Å². The lowest BCUT2D eigenvalue weighted by molar-refractivity contribution is 0.103. The molecule has 0 N–H and O–H groups in total. The van der Waals surface area contributed by atoms with Gasteiger partial charge in [-0.05, 0) is 36.6 Å². The first-order chi connectivity index (χ1) is 11.5. The third-order valence-corrected chi connectivity index (χ3v) is 11.8. The summed E-state index contributed by atoms with van der Waals surface area (Å²) in [4.78, 5) is 16.2. The van der Waals surface area contributed by atoms with E-state index < -0.39 is 8.07 Å². The van der Waals surface area contributed by atoms with Crippen LogP contribution < -0.4 is 0 Å². The van der Waals surface area contributed by atoms with Crippen LogP contribution in [0.3, 0.4) is 0 Å². The summed E-state index contributed by atoms with van der Waals surface area (Å²) in [5, 5.41) is 1.24. The van der Waals surface area contributed by atoms with Crippen molar-refractivity contribution in [3.8, 4) is 0 Å². The summed E-state index contributed by atoms with van der Waals surface area (Å²) in [5.41, 5.74) is 1.55. The van der Waals surface area contributed by atoms with Gasteiger partial charge < -0.3 is 4.90 Å². The van der Waals surface area contributed by atoms with Gasteiger partial charge in [-0.25, -0.2) is 0 Å². The van der Waals surface area contributed by atoms with Crippen LogP contribution in [-0.2, 0) is 0 Å². The molecule has 1 aromatic carbocycles. The Hall–Kier alpha value is -1.26. The monoisotopic (exact) mass is 375 g/mol. The molecule has 1 rings (SSSR count). The van der Waals surface area contributed by atoms with E-state index in [1.54, 1.807) is 0 Å². The first-order valence-electron chi connectivity index (χ1n) is 9.09. The van der Waals surface area contributed by atoms with Crippen LogP contribution in [0.5, 0.6) is 0 Å². The number of hydrogen-bond acceptors (Lipinski definition) is 2. The number of ketones is 1. The van der Waals surface area contributed by atoms with E-state index in [1.165, 1.54) is 0 Å². The molecular weight excluding hydrogens is 342 g/mol. The molecule has 0 aliphatic rings. The molecule has 0 atom stereocenters. The topological polar surface area (TPSA) is 20.3 Å². The zero-order valence-corrected chi connectivity index (χ0v) is 18.9. The molecule has 0 aromatic heterocycles. The van der Waals surface area contributed by atoms with Crippen molar-refractivity contribution >= 4 is 31.1 Å². The van der Waals surface area contributed by atoms with Gasteiger partial charge in [0.1, 0.15) is 4.99 Å². The summed E-state index contributed by atoms with van der Waals surface area (Å²) in [5.74, 6) is 0.0925. The molecule has 0 saturated heterocycles. The molecule has 0 spiro atoms. The highest BCUT2D eigenvalue weighted by Gasteiger charge is 2.42. The Morgan fingerprint density at radius 3 is 1.96 bits per heavy atom. The molecule has 0 fully saturated rings. The van der Waals surface area contributed by atoms with Gasteiger partial charge in [0, 0.05) is 18.7 Å². The summed E-state index contributed by atoms with van der Waals surface area (Å²) in [6.45, 7) is 19.4. The largest absolute Gasteiger partial charge is 0.363 e. The third kappa shape index (κ3) is 4.67. The fraction of sp³-hybridized carbons (Fsp3) is 0.524. The van der Waals surface area contributed by atoms with Crippen LogP contribution >= 0.6 is 12.2 Å². The number of Topliss-reactive ketones (excluding diaryl/α,β-unsaturated/α-hetero) is 1. The highest BCUT2D eigenvalue weighted by Crippen LogP contribution is 2.43. The van der Waals surface area contributed by atoms with Gasteiger partial charge in [0.05, 0.1) is 8.07 Å². The van der Waals surface area contributed by atoms with E-state index in [9.17, 15) is 4.79 Å². The Bertz CT molecular complexity index is 652. The number of likely N-dealkylation sites (N-methyl/N-ethyl adjacent to an activating group) is 1. The minimum absolute atomic E-state index is 0.0925. The van der Waals surface area contributed by atoms with E-state index in [4.69, 9.17) is 12.2 Å². The number of thiocarbonyl (C=S) groups is 1.